The Morgan fingerprint density at radius 1 is 0.958 bits per heavy atom. The van der Waals surface area contributed by atoms with Crippen molar-refractivity contribution < 1.29 is 4.74 Å². The molecule has 0 aliphatic heterocycles. The summed E-state index contributed by atoms with van der Waals surface area (Å²) in [4.78, 5) is 0. The van der Waals surface area contributed by atoms with Gasteiger partial charge in [-0.05, 0) is 71.1 Å². The average Bonchev–Trinajstić information content (AvgIpc) is 2.61. The van der Waals surface area contributed by atoms with Gasteiger partial charge in [-0.2, -0.15) is 0 Å². The van der Waals surface area contributed by atoms with Gasteiger partial charge in [-0.3, -0.25) is 0 Å². The molecule has 0 aromatic heterocycles. The summed E-state index contributed by atoms with van der Waals surface area (Å²) in [6.07, 6.45) is 17.1. The SMILES string of the molecule is CCCCCCCCCC1CCC(c2ccc(OC)c(Br)c2)CC1. The largest absolute Gasteiger partial charge is 0.496 e. The number of rotatable bonds is 10. The highest BCUT2D eigenvalue weighted by Gasteiger charge is 2.22. The Morgan fingerprint density at radius 2 is 1.62 bits per heavy atom. The summed E-state index contributed by atoms with van der Waals surface area (Å²) in [5.41, 5.74) is 1.48. The fourth-order valence-electron chi connectivity index (χ4n) is 4.11. The fourth-order valence-corrected chi connectivity index (χ4v) is 4.67. The average molecular weight is 395 g/mol. The van der Waals surface area contributed by atoms with Crippen LogP contribution in [0.1, 0.15) is 95.5 Å². The van der Waals surface area contributed by atoms with Crippen LogP contribution in [0.15, 0.2) is 22.7 Å². The van der Waals surface area contributed by atoms with Gasteiger partial charge >= 0.3 is 0 Å². The molecule has 0 radical (unpaired) electrons. The van der Waals surface area contributed by atoms with Crippen molar-refractivity contribution in [1.82, 2.24) is 0 Å². The minimum Gasteiger partial charge on any atom is -0.496 e. The number of benzene rings is 1. The summed E-state index contributed by atoms with van der Waals surface area (Å²) in [5, 5.41) is 0. The van der Waals surface area contributed by atoms with E-state index in [0.29, 0.717) is 0 Å². The number of hydrogen-bond donors (Lipinski definition) is 0. The molecule has 1 aromatic carbocycles. The smallest absolute Gasteiger partial charge is 0.133 e. The third-order valence-electron chi connectivity index (χ3n) is 5.71. The fraction of sp³-hybridized carbons (Fsp3) is 0.727. The van der Waals surface area contributed by atoms with Gasteiger partial charge in [0, 0.05) is 0 Å². The summed E-state index contributed by atoms with van der Waals surface area (Å²) in [6.45, 7) is 2.29. The van der Waals surface area contributed by atoms with Crippen LogP contribution in [-0.2, 0) is 0 Å². The molecule has 1 aliphatic carbocycles. The third kappa shape index (κ3) is 6.43. The Labute approximate surface area is 157 Å². The van der Waals surface area contributed by atoms with Crippen LogP contribution in [-0.4, -0.2) is 7.11 Å². The highest BCUT2D eigenvalue weighted by atomic mass is 79.9. The molecular formula is C22H35BrO. The van der Waals surface area contributed by atoms with Gasteiger partial charge < -0.3 is 4.74 Å². The maximum absolute atomic E-state index is 5.34. The normalized spacial score (nSPS) is 21.0. The molecular weight excluding hydrogens is 360 g/mol. The van der Waals surface area contributed by atoms with Gasteiger partial charge in [-0.1, -0.05) is 64.4 Å². The van der Waals surface area contributed by atoms with Gasteiger partial charge in [-0.15, -0.1) is 0 Å². The quantitative estimate of drug-likeness (QED) is 0.366. The molecule has 24 heavy (non-hydrogen) atoms. The van der Waals surface area contributed by atoms with Crippen LogP contribution in [0, 0.1) is 5.92 Å². The first-order valence-corrected chi connectivity index (χ1v) is 10.9. The number of ether oxygens (including phenoxy) is 1. The minimum atomic E-state index is 0.748. The molecule has 1 nitrogen and oxygen atoms in total. The lowest BCUT2D eigenvalue weighted by Crippen LogP contribution is -2.13. The summed E-state index contributed by atoms with van der Waals surface area (Å²) in [5.74, 6) is 2.67. The maximum Gasteiger partial charge on any atom is 0.133 e. The zero-order valence-corrected chi connectivity index (χ0v) is 17.2. The highest BCUT2D eigenvalue weighted by molar-refractivity contribution is 9.10. The van der Waals surface area contributed by atoms with Crippen LogP contribution in [0.5, 0.6) is 5.75 Å². The number of methoxy groups -OCH3 is 1. The lowest BCUT2D eigenvalue weighted by atomic mass is 9.77. The van der Waals surface area contributed by atoms with E-state index < -0.39 is 0 Å². The molecule has 2 heteroatoms. The number of halogens is 1. The summed E-state index contributed by atoms with van der Waals surface area (Å²) < 4.78 is 6.43. The standard InChI is InChI=1S/C22H35BrO/c1-3-4-5-6-7-8-9-10-18-11-13-19(14-12-18)20-15-16-22(24-2)21(23)17-20/h15-19H,3-14H2,1-2H3. The molecule has 136 valence electrons. The van der Waals surface area contributed by atoms with Crippen molar-refractivity contribution in [3.8, 4) is 5.75 Å². The van der Waals surface area contributed by atoms with Gasteiger partial charge in [0.25, 0.3) is 0 Å². The van der Waals surface area contributed by atoms with E-state index in [0.717, 1.165) is 22.1 Å². The van der Waals surface area contributed by atoms with Gasteiger partial charge in [0.2, 0.25) is 0 Å². The second-order valence-corrected chi connectivity index (χ2v) is 8.38. The second kappa shape index (κ2) is 11.2. The first kappa shape index (κ1) is 19.8. The molecule has 0 heterocycles. The van der Waals surface area contributed by atoms with Crippen molar-refractivity contribution in [3.05, 3.63) is 28.2 Å². The molecule has 0 atom stereocenters. The van der Waals surface area contributed by atoms with E-state index in [2.05, 4.69) is 41.1 Å². The summed E-state index contributed by atoms with van der Waals surface area (Å²) in [6, 6.07) is 6.62. The molecule has 1 saturated carbocycles. The van der Waals surface area contributed by atoms with E-state index >= 15 is 0 Å². The predicted octanol–water partition coefficient (Wildman–Crippen LogP) is 7.87. The van der Waals surface area contributed by atoms with Gasteiger partial charge in [-0.25, -0.2) is 0 Å². The van der Waals surface area contributed by atoms with Gasteiger partial charge in [0.05, 0.1) is 11.6 Å². The summed E-state index contributed by atoms with van der Waals surface area (Å²) >= 11 is 3.63. The predicted molar refractivity (Wildman–Crippen MR) is 108 cm³/mol. The van der Waals surface area contributed by atoms with E-state index in [1.54, 1.807) is 7.11 Å². The van der Waals surface area contributed by atoms with Crippen LogP contribution in [0.2, 0.25) is 0 Å². The van der Waals surface area contributed by atoms with Crippen molar-refractivity contribution in [2.75, 3.05) is 7.11 Å². The topological polar surface area (TPSA) is 9.23 Å². The zero-order valence-electron chi connectivity index (χ0n) is 15.7. The molecule has 1 aromatic rings. The van der Waals surface area contributed by atoms with E-state index in [-0.39, 0.29) is 0 Å². The Morgan fingerprint density at radius 3 is 2.25 bits per heavy atom. The van der Waals surface area contributed by atoms with Crippen LogP contribution < -0.4 is 4.74 Å². The molecule has 0 bridgehead atoms. The Hall–Kier alpha value is -0.500. The highest BCUT2D eigenvalue weighted by Crippen LogP contribution is 2.39. The van der Waals surface area contributed by atoms with Gasteiger partial charge in [0.15, 0.2) is 0 Å². The molecule has 0 saturated heterocycles. The van der Waals surface area contributed by atoms with Crippen LogP contribution >= 0.6 is 15.9 Å². The Balaban J connectivity index is 1.63. The molecule has 1 aliphatic rings. The lowest BCUT2D eigenvalue weighted by Gasteiger charge is -2.29. The second-order valence-electron chi connectivity index (χ2n) is 7.52. The van der Waals surface area contributed by atoms with Crippen molar-refractivity contribution >= 4 is 15.9 Å². The van der Waals surface area contributed by atoms with Gasteiger partial charge in [0.1, 0.15) is 5.75 Å². The summed E-state index contributed by atoms with van der Waals surface area (Å²) in [7, 11) is 1.73. The lowest BCUT2D eigenvalue weighted by molar-refractivity contribution is 0.301. The van der Waals surface area contributed by atoms with Crippen LogP contribution in [0.4, 0.5) is 0 Å². The van der Waals surface area contributed by atoms with Crippen molar-refractivity contribution in [2.45, 2.75) is 89.9 Å². The van der Waals surface area contributed by atoms with Crippen LogP contribution in [0.25, 0.3) is 0 Å². The third-order valence-corrected chi connectivity index (χ3v) is 6.33. The van der Waals surface area contributed by atoms with E-state index in [1.165, 1.54) is 82.6 Å². The monoisotopic (exact) mass is 394 g/mol. The van der Waals surface area contributed by atoms with Crippen LogP contribution in [0.3, 0.4) is 0 Å². The first-order valence-electron chi connectivity index (χ1n) is 10.1. The van der Waals surface area contributed by atoms with Crippen molar-refractivity contribution in [1.29, 1.82) is 0 Å². The minimum absolute atomic E-state index is 0.748. The zero-order chi connectivity index (χ0) is 17.2. The molecule has 1 fully saturated rings. The molecule has 0 amide bonds. The number of unbranched alkanes of at least 4 members (excludes halogenated alkanes) is 6. The van der Waals surface area contributed by atoms with E-state index in [4.69, 9.17) is 4.74 Å². The Bertz CT molecular complexity index is 463. The van der Waals surface area contributed by atoms with Crippen molar-refractivity contribution in [3.63, 3.8) is 0 Å². The Kier molecular flexibility index (Phi) is 9.23. The molecule has 0 spiro atoms. The van der Waals surface area contributed by atoms with E-state index in [1.807, 2.05) is 0 Å². The maximum atomic E-state index is 5.34. The first-order chi connectivity index (χ1) is 11.7. The molecule has 0 unspecified atom stereocenters. The molecule has 0 N–H and O–H groups in total. The van der Waals surface area contributed by atoms with Crippen molar-refractivity contribution in [2.24, 2.45) is 5.92 Å². The van der Waals surface area contributed by atoms with E-state index in [9.17, 15) is 0 Å². The molecule has 2 rings (SSSR count). The number of hydrogen-bond acceptors (Lipinski definition) is 1.